The van der Waals surface area contributed by atoms with Gasteiger partial charge in [0.2, 0.25) is 0 Å². The molecule has 1 heterocycles. The van der Waals surface area contributed by atoms with E-state index >= 15 is 0 Å². The number of alkyl halides is 1. The molecule has 3 N–H and O–H groups in total. The molecular formula is C7H13ClO5. The Bertz CT molecular complexity index is 147. The molecule has 1 aliphatic heterocycles. The normalized spacial score (nSPS) is 46.4. The van der Waals surface area contributed by atoms with Crippen LogP contribution >= 0.6 is 11.6 Å². The summed E-state index contributed by atoms with van der Waals surface area (Å²) in [6.45, 7) is 0. The van der Waals surface area contributed by atoms with Crippen LogP contribution in [0, 0.1) is 0 Å². The topological polar surface area (TPSA) is 79.2 Å². The molecule has 0 amide bonds. The van der Waals surface area contributed by atoms with Crippen molar-refractivity contribution in [3.8, 4) is 0 Å². The Morgan fingerprint density at radius 3 is 2.31 bits per heavy atom. The highest BCUT2D eigenvalue weighted by Crippen LogP contribution is 2.22. The van der Waals surface area contributed by atoms with Gasteiger partial charge in [0.1, 0.15) is 24.4 Å². The maximum absolute atomic E-state index is 9.35. The fourth-order valence-corrected chi connectivity index (χ4v) is 1.49. The van der Waals surface area contributed by atoms with Crippen LogP contribution < -0.4 is 0 Å². The highest BCUT2D eigenvalue weighted by Gasteiger charge is 2.43. The molecule has 13 heavy (non-hydrogen) atoms. The number of halogens is 1. The molecule has 1 aliphatic rings. The summed E-state index contributed by atoms with van der Waals surface area (Å²) in [7, 11) is 1.34. The van der Waals surface area contributed by atoms with Gasteiger partial charge >= 0.3 is 0 Å². The Labute approximate surface area is 80.8 Å². The lowest BCUT2D eigenvalue weighted by molar-refractivity contribution is -0.285. The zero-order valence-electron chi connectivity index (χ0n) is 7.13. The van der Waals surface area contributed by atoms with Crippen LogP contribution in [0.5, 0.6) is 0 Å². The second-order valence-electron chi connectivity index (χ2n) is 2.90. The average molecular weight is 213 g/mol. The molecule has 0 aromatic rings. The van der Waals surface area contributed by atoms with Gasteiger partial charge in [0, 0.05) is 7.11 Å². The van der Waals surface area contributed by atoms with Gasteiger partial charge in [-0.3, -0.25) is 0 Å². The minimum atomic E-state index is -1.29. The first kappa shape index (κ1) is 11.2. The number of hydrogen-bond donors (Lipinski definition) is 3. The quantitative estimate of drug-likeness (QED) is 0.495. The third kappa shape index (κ3) is 2.12. The van der Waals surface area contributed by atoms with Gasteiger partial charge in [-0.1, -0.05) is 0 Å². The van der Waals surface area contributed by atoms with Gasteiger partial charge in [-0.05, 0) is 0 Å². The van der Waals surface area contributed by atoms with Crippen LogP contribution in [0.4, 0.5) is 0 Å². The molecule has 0 spiro atoms. The molecule has 5 atom stereocenters. The summed E-state index contributed by atoms with van der Waals surface area (Å²) >= 11 is 5.48. The molecule has 1 saturated heterocycles. The number of rotatable bonds is 2. The summed E-state index contributed by atoms with van der Waals surface area (Å²) in [5.74, 6) is 0.0325. The van der Waals surface area contributed by atoms with Crippen molar-refractivity contribution in [1.29, 1.82) is 0 Å². The Hall–Kier alpha value is 0.0900. The van der Waals surface area contributed by atoms with Gasteiger partial charge in [0.25, 0.3) is 0 Å². The first-order valence-electron chi connectivity index (χ1n) is 3.90. The summed E-state index contributed by atoms with van der Waals surface area (Å²) in [5.41, 5.74) is 0. The summed E-state index contributed by atoms with van der Waals surface area (Å²) in [4.78, 5) is 0. The third-order valence-electron chi connectivity index (χ3n) is 2.05. The minimum Gasteiger partial charge on any atom is -0.388 e. The molecule has 0 aromatic heterocycles. The number of methoxy groups -OCH3 is 1. The number of ether oxygens (including phenoxy) is 2. The molecule has 1 fully saturated rings. The Morgan fingerprint density at radius 2 is 1.85 bits per heavy atom. The molecule has 5 nitrogen and oxygen atoms in total. The Balaban J connectivity index is 2.66. The predicted molar refractivity (Wildman–Crippen MR) is 44.4 cm³/mol. The van der Waals surface area contributed by atoms with Crippen molar-refractivity contribution >= 4 is 11.6 Å². The van der Waals surface area contributed by atoms with Crippen LogP contribution in [0.15, 0.2) is 0 Å². The van der Waals surface area contributed by atoms with Gasteiger partial charge in [-0.25, -0.2) is 0 Å². The van der Waals surface area contributed by atoms with Crippen LogP contribution in [0.1, 0.15) is 0 Å². The molecule has 0 aromatic carbocycles. The highest BCUT2D eigenvalue weighted by atomic mass is 35.5. The monoisotopic (exact) mass is 212 g/mol. The van der Waals surface area contributed by atoms with Gasteiger partial charge < -0.3 is 24.8 Å². The first-order chi connectivity index (χ1) is 6.11. The molecule has 0 unspecified atom stereocenters. The van der Waals surface area contributed by atoms with Crippen molar-refractivity contribution in [3.63, 3.8) is 0 Å². The van der Waals surface area contributed by atoms with Crippen molar-refractivity contribution < 1.29 is 24.8 Å². The van der Waals surface area contributed by atoms with Crippen LogP contribution in [-0.2, 0) is 9.47 Å². The lowest BCUT2D eigenvalue weighted by Gasteiger charge is -2.38. The van der Waals surface area contributed by atoms with E-state index in [1.165, 1.54) is 7.11 Å². The van der Waals surface area contributed by atoms with E-state index in [9.17, 15) is 15.3 Å². The van der Waals surface area contributed by atoms with E-state index in [4.69, 9.17) is 21.1 Å². The van der Waals surface area contributed by atoms with Crippen molar-refractivity contribution in [2.24, 2.45) is 0 Å². The molecule has 6 heteroatoms. The molecule has 0 aliphatic carbocycles. The largest absolute Gasteiger partial charge is 0.388 e. The number of aliphatic hydroxyl groups excluding tert-OH is 3. The molecule has 0 bridgehead atoms. The van der Waals surface area contributed by atoms with Gasteiger partial charge in [-0.15, -0.1) is 11.6 Å². The highest BCUT2D eigenvalue weighted by molar-refractivity contribution is 6.18. The van der Waals surface area contributed by atoms with Gasteiger partial charge in [-0.2, -0.15) is 0 Å². The molecule has 0 saturated carbocycles. The van der Waals surface area contributed by atoms with Crippen LogP contribution in [0.2, 0.25) is 0 Å². The summed E-state index contributed by atoms with van der Waals surface area (Å²) in [6, 6.07) is 0. The molecule has 0 radical (unpaired) electrons. The van der Waals surface area contributed by atoms with E-state index < -0.39 is 30.7 Å². The third-order valence-corrected chi connectivity index (χ3v) is 2.36. The second kappa shape index (κ2) is 4.54. The fourth-order valence-electron chi connectivity index (χ4n) is 1.24. The van der Waals surface area contributed by atoms with Gasteiger partial charge in [0.05, 0.1) is 5.88 Å². The molecule has 78 valence electrons. The zero-order valence-corrected chi connectivity index (χ0v) is 7.89. The van der Waals surface area contributed by atoms with Crippen LogP contribution in [0.25, 0.3) is 0 Å². The first-order valence-corrected chi connectivity index (χ1v) is 4.43. The molecule has 1 rings (SSSR count). The minimum absolute atomic E-state index is 0.0325. The molecular weight excluding hydrogens is 200 g/mol. The standard InChI is InChI=1S/C7H13ClO5/c1-12-7-6(11)5(10)4(9)3(2-8)13-7/h3-7,9-11H,2H2,1H3/t3-,4+,5+,6-,7+/m1/s1. The van der Waals surface area contributed by atoms with E-state index in [2.05, 4.69) is 0 Å². The number of hydrogen-bond acceptors (Lipinski definition) is 5. The predicted octanol–water partition coefficient (Wildman–Crippen LogP) is -1.32. The maximum atomic E-state index is 9.35. The summed E-state index contributed by atoms with van der Waals surface area (Å²) < 4.78 is 9.82. The van der Waals surface area contributed by atoms with E-state index in [0.29, 0.717) is 0 Å². The van der Waals surface area contributed by atoms with Crippen LogP contribution in [0.3, 0.4) is 0 Å². The van der Waals surface area contributed by atoms with E-state index in [1.807, 2.05) is 0 Å². The van der Waals surface area contributed by atoms with Crippen molar-refractivity contribution in [2.75, 3.05) is 13.0 Å². The van der Waals surface area contributed by atoms with Crippen molar-refractivity contribution in [1.82, 2.24) is 0 Å². The maximum Gasteiger partial charge on any atom is 0.186 e. The van der Waals surface area contributed by atoms with Crippen molar-refractivity contribution in [3.05, 3.63) is 0 Å². The fraction of sp³-hybridized carbons (Fsp3) is 1.00. The SMILES string of the molecule is CO[C@H]1O[C@H](CCl)[C@H](O)[C@H](O)[C@H]1O. The van der Waals surface area contributed by atoms with Crippen molar-refractivity contribution in [2.45, 2.75) is 30.7 Å². The smallest absolute Gasteiger partial charge is 0.186 e. The lowest BCUT2D eigenvalue weighted by atomic mass is 10.00. The summed E-state index contributed by atoms with van der Waals surface area (Å²) in [5, 5.41) is 28.0. The number of aliphatic hydroxyl groups is 3. The van der Waals surface area contributed by atoms with E-state index in [1.54, 1.807) is 0 Å². The second-order valence-corrected chi connectivity index (χ2v) is 3.21. The zero-order chi connectivity index (χ0) is 10.0. The van der Waals surface area contributed by atoms with E-state index in [-0.39, 0.29) is 5.88 Å². The van der Waals surface area contributed by atoms with Crippen LogP contribution in [-0.4, -0.2) is 59.0 Å². The van der Waals surface area contributed by atoms with E-state index in [0.717, 1.165) is 0 Å². The Morgan fingerprint density at radius 1 is 1.23 bits per heavy atom. The summed E-state index contributed by atoms with van der Waals surface area (Å²) in [6.07, 6.45) is -5.38. The Kier molecular flexibility index (Phi) is 3.90. The van der Waals surface area contributed by atoms with Gasteiger partial charge in [0.15, 0.2) is 6.29 Å². The average Bonchev–Trinajstić information content (AvgIpc) is 2.15. The lowest BCUT2D eigenvalue weighted by Crippen LogP contribution is -2.58.